The first-order valence-corrected chi connectivity index (χ1v) is 9.78. The van der Waals surface area contributed by atoms with Crippen LogP contribution in [0.3, 0.4) is 0 Å². The lowest BCUT2D eigenvalue weighted by Crippen LogP contribution is -2.20. The van der Waals surface area contributed by atoms with E-state index in [1.54, 1.807) is 6.20 Å². The molecule has 1 N–H and O–H groups in total. The first-order chi connectivity index (χ1) is 14.7. The lowest BCUT2D eigenvalue weighted by Gasteiger charge is -2.21. The zero-order chi connectivity index (χ0) is 20.5. The van der Waals surface area contributed by atoms with Gasteiger partial charge in [-0.15, -0.1) is 10.2 Å². The number of fused-ring (bicyclic) bond motifs is 1. The molecule has 0 saturated carbocycles. The Morgan fingerprint density at radius 1 is 1.10 bits per heavy atom. The number of anilines is 1. The van der Waals surface area contributed by atoms with Gasteiger partial charge in [0.1, 0.15) is 5.82 Å². The molecule has 0 fully saturated rings. The molecule has 0 radical (unpaired) electrons. The van der Waals surface area contributed by atoms with Gasteiger partial charge >= 0.3 is 0 Å². The summed E-state index contributed by atoms with van der Waals surface area (Å²) >= 11 is 0. The Labute approximate surface area is 173 Å². The van der Waals surface area contributed by atoms with Crippen LogP contribution in [0.4, 0.5) is 5.82 Å². The van der Waals surface area contributed by atoms with E-state index in [1.165, 1.54) is 5.56 Å². The highest BCUT2D eigenvalue weighted by molar-refractivity contribution is 5.55. The fraction of sp³-hybridized carbons (Fsp3) is 0.190. The number of hydrogen-bond acceptors (Lipinski definition) is 6. The largest absolute Gasteiger partial charge is 0.355 e. The number of H-pyrrole nitrogens is 1. The van der Waals surface area contributed by atoms with Crippen LogP contribution in [0.5, 0.6) is 0 Å². The third kappa shape index (κ3) is 3.20. The topological polar surface area (TPSA) is 92.8 Å². The predicted octanol–water partition coefficient (Wildman–Crippen LogP) is 2.90. The number of benzene rings is 1. The van der Waals surface area contributed by atoms with E-state index < -0.39 is 0 Å². The minimum Gasteiger partial charge on any atom is -0.355 e. The number of aromatic nitrogens is 8. The molecule has 0 aliphatic rings. The van der Waals surface area contributed by atoms with E-state index in [0.29, 0.717) is 5.82 Å². The molecule has 0 atom stereocenters. The van der Waals surface area contributed by atoms with Crippen molar-refractivity contribution in [3.8, 4) is 17.2 Å². The normalized spacial score (nSPS) is 11.3. The van der Waals surface area contributed by atoms with Crippen LogP contribution in [0.15, 0.2) is 60.9 Å². The molecule has 0 saturated heterocycles. The number of aromatic amines is 1. The van der Waals surface area contributed by atoms with Crippen LogP contribution in [0.1, 0.15) is 18.2 Å². The van der Waals surface area contributed by atoms with Crippen LogP contribution in [-0.2, 0) is 13.0 Å². The summed E-state index contributed by atoms with van der Waals surface area (Å²) < 4.78 is 3.92. The standard InChI is InChI=1S/C21H21N9/c1-3-16-13-20(30-19(23-16)10-11-22-30)28(2)14-15-6-8-17(9-7-15)29-12-4-5-18(29)21-24-26-27-25-21/h4-13H,3,14H2,1-2H3,(H,24,25,26,27). The molecule has 0 spiro atoms. The second kappa shape index (κ2) is 7.43. The van der Waals surface area contributed by atoms with E-state index in [2.05, 4.69) is 79.9 Å². The first-order valence-electron chi connectivity index (χ1n) is 9.78. The molecule has 9 nitrogen and oxygen atoms in total. The summed E-state index contributed by atoms with van der Waals surface area (Å²) in [6.45, 7) is 2.87. The van der Waals surface area contributed by atoms with E-state index in [4.69, 9.17) is 0 Å². The van der Waals surface area contributed by atoms with Gasteiger partial charge in [0.05, 0.1) is 11.9 Å². The Kier molecular flexibility index (Phi) is 4.47. The monoisotopic (exact) mass is 399 g/mol. The lowest BCUT2D eigenvalue weighted by molar-refractivity contribution is 0.822. The fourth-order valence-electron chi connectivity index (χ4n) is 3.58. The van der Waals surface area contributed by atoms with Crippen molar-refractivity contribution in [2.75, 3.05) is 11.9 Å². The summed E-state index contributed by atoms with van der Waals surface area (Å²) in [6.07, 6.45) is 4.66. The molecule has 0 aliphatic carbocycles. The van der Waals surface area contributed by atoms with Crippen molar-refractivity contribution in [1.82, 2.24) is 39.8 Å². The number of tetrazole rings is 1. The Balaban J connectivity index is 1.40. The molecular formula is C21H21N9. The van der Waals surface area contributed by atoms with E-state index in [-0.39, 0.29) is 0 Å². The average Bonchev–Trinajstić information content (AvgIpc) is 3.54. The van der Waals surface area contributed by atoms with Gasteiger partial charge in [-0.1, -0.05) is 19.1 Å². The minimum atomic E-state index is 0.566. The van der Waals surface area contributed by atoms with Crippen molar-refractivity contribution < 1.29 is 0 Å². The SMILES string of the molecule is CCc1cc(N(C)Cc2ccc(-n3cccc3-c3nn[nH]n3)cc2)n2nccc2n1. The smallest absolute Gasteiger partial charge is 0.221 e. The maximum absolute atomic E-state index is 4.63. The Bertz CT molecular complexity index is 1270. The number of nitrogens with zero attached hydrogens (tertiary/aromatic N) is 8. The lowest BCUT2D eigenvalue weighted by atomic mass is 10.2. The summed E-state index contributed by atoms with van der Waals surface area (Å²) in [4.78, 5) is 6.82. The average molecular weight is 399 g/mol. The molecule has 0 aliphatic heterocycles. The Hall–Kier alpha value is -4.01. The molecule has 5 aromatic rings. The van der Waals surface area contributed by atoms with Gasteiger partial charge in [-0.25, -0.2) is 4.98 Å². The molecule has 0 bridgehead atoms. The molecule has 4 heterocycles. The fourth-order valence-corrected chi connectivity index (χ4v) is 3.58. The van der Waals surface area contributed by atoms with Gasteiger partial charge in [0, 0.05) is 43.3 Å². The van der Waals surface area contributed by atoms with Gasteiger partial charge in [-0.3, -0.25) is 0 Å². The van der Waals surface area contributed by atoms with Crippen LogP contribution in [0.25, 0.3) is 22.9 Å². The van der Waals surface area contributed by atoms with Gasteiger partial charge in [0.25, 0.3) is 0 Å². The van der Waals surface area contributed by atoms with Crippen molar-refractivity contribution >= 4 is 11.5 Å². The zero-order valence-corrected chi connectivity index (χ0v) is 16.8. The highest BCUT2D eigenvalue weighted by atomic mass is 15.5. The summed E-state index contributed by atoms with van der Waals surface area (Å²) in [6, 6.07) is 16.4. The van der Waals surface area contributed by atoms with Crippen molar-refractivity contribution in [3.05, 3.63) is 72.2 Å². The van der Waals surface area contributed by atoms with E-state index in [1.807, 2.05) is 33.5 Å². The third-order valence-electron chi connectivity index (χ3n) is 5.10. The van der Waals surface area contributed by atoms with E-state index in [9.17, 15) is 0 Å². The highest BCUT2D eigenvalue weighted by Gasteiger charge is 2.12. The summed E-state index contributed by atoms with van der Waals surface area (Å²) in [5, 5.41) is 18.7. The molecule has 150 valence electrons. The van der Waals surface area contributed by atoms with Crippen LogP contribution in [-0.4, -0.2) is 46.8 Å². The molecule has 0 amide bonds. The molecule has 0 unspecified atom stereocenters. The number of aryl methyl sites for hydroxylation is 1. The van der Waals surface area contributed by atoms with Crippen molar-refractivity contribution in [2.24, 2.45) is 0 Å². The Morgan fingerprint density at radius 2 is 1.97 bits per heavy atom. The van der Waals surface area contributed by atoms with Crippen LogP contribution < -0.4 is 4.90 Å². The Morgan fingerprint density at radius 3 is 2.73 bits per heavy atom. The zero-order valence-electron chi connectivity index (χ0n) is 16.8. The predicted molar refractivity (Wildman–Crippen MR) is 113 cm³/mol. The molecule has 4 aromatic heterocycles. The van der Waals surface area contributed by atoms with Crippen LogP contribution in [0, 0.1) is 0 Å². The molecule has 9 heteroatoms. The van der Waals surface area contributed by atoms with Crippen molar-refractivity contribution in [1.29, 1.82) is 0 Å². The van der Waals surface area contributed by atoms with Crippen LogP contribution in [0.2, 0.25) is 0 Å². The van der Waals surface area contributed by atoms with Crippen molar-refractivity contribution in [3.63, 3.8) is 0 Å². The minimum absolute atomic E-state index is 0.566. The second-order valence-electron chi connectivity index (χ2n) is 7.08. The number of nitrogens with one attached hydrogen (secondary N) is 1. The van der Waals surface area contributed by atoms with E-state index in [0.717, 1.165) is 41.5 Å². The van der Waals surface area contributed by atoms with E-state index >= 15 is 0 Å². The van der Waals surface area contributed by atoms with Gasteiger partial charge < -0.3 is 9.47 Å². The van der Waals surface area contributed by atoms with Gasteiger partial charge in [-0.05, 0) is 41.5 Å². The summed E-state index contributed by atoms with van der Waals surface area (Å²) in [5.74, 6) is 1.59. The maximum atomic E-state index is 4.63. The molecule has 5 rings (SSSR count). The number of hydrogen-bond donors (Lipinski definition) is 1. The summed E-state index contributed by atoms with van der Waals surface area (Å²) in [5.41, 5.74) is 5.05. The molecule has 1 aromatic carbocycles. The quantitative estimate of drug-likeness (QED) is 0.472. The van der Waals surface area contributed by atoms with Crippen LogP contribution >= 0.6 is 0 Å². The summed E-state index contributed by atoms with van der Waals surface area (Å²) in [7, 11) is 2.07. The van der Waals surface area contributed by atoms with Gasteiger partial charge in [-0.2, -0.15) is 14.8 Å². The number of rotatable bonds is 6. The highest BCUT2D eigenvalue weighted by Crippen LogP contribution is 2.22. The third-order valence-corrected chi connectivity index (χ3v) is 5.10. The van der Waals surface area contributed by atoms with Gasteiger partial charge in [0.15, 0.2) is 5.65 Å². The second-order valence-corrected chi connectivity index (χ2v) is 7.08. The van der Waals surface area contributed by atoms with Gasteiger partial charge in [0.2, 0.25) is 5.82 Å². The molecule has 30 heavy (non-hydrogen) atoms. The molecular weight excluding hydrogens is 378 g/mol. The van der Waals surface area contributed by atoms with Crippen molar-refractivity contribution in [2.45, 2.75) is 19.9 Å². The first kappa shape index (κ1) is 18.0. The maximum Gasteiger partial charge on any atom is 0.221 e.